The average Bonchev–Trinajstić information content (AvgIpc) is 3.17. The van der Waals surface area contributed by atoms with E-state index in [-0.39, 0.29) is 24.6 Å². The Bertz CT molecular complexity index is 845. The van der Waals surface area contributed by atoms with Gasteiger partial charge in [0.15, 0.2) is 18.2 Å². The van der Waals surface area contributed by atoms with Crippen LogP contribution in [0.1, 0.15) is 31.7 Å². The minimum absolute atomic E-state index is 0.0309. The molecule has 1 atom stereocenters. The topological polar surface area (TPSA) is 93.2 Å². The second-order valence-corrected chi connectivity index (χ2v) is 8.95. The molecule has 1 aliphatic heterocycles. The van der Waals surface area contributed by atoms with Crippen LogP contribution in [0.15, 0.2) is 18.2 Å². The Labute approximate surface area is 170 Å². The van der Waals surface area contributed by atoms with Crippen LogP contribution in [-0.4, -0.2) is 68.6 Å². The minimum Gasteiger partial charge on any atom is -0.494 e. The summed E-state index contributed by atoms with van der Waals surface area (Å²) in [5.41, 5.74) is 0.554. The summed E-state index contributed by atoms with van der Waals surface area (Å²) < 4.78 is 49.4. The molecule has 1 saturated heterocycles. The number of amides is 1. The van der Waals surface area contributed by atoms with Crippen LogP contribution >= 0.6 is 0 Å². The number of methoxy groups -OCH3 is 1. The summed E-state index contributed by atoms with van der Waals surface area (Å²) in [5.74, 6) is -1.66. The Morgan fingerprint density at radius 2 is 2.07 bits per heavy atom. The molecule has 2 rings (SSSR count). The summed E-state index contributed by atoms with van der Waals surface area (Å²) in [6, 6.07) is 3.48. The Kier molecular flexibility index (Phi) is 7.97. The third kappa shape index (κ3) is 5.89. The predicted octanol–water partition coefficient (Wildman–Crippen LogP) is 1.54. The molecule has 1 unspecified atom stereocenters. The third-order valence-corrected chi connectivity index (χ3v) is 6.77. The summed E-state index contributed by atoms with van der Waals surface area (Å²) >= 11 is 0. The molecule has 0 aromatic heterocycles. The first-order chi connectivity index (χ1) is 13.7. The summed E-state index contributed by atoms with van der Waals surface area (Å²) in [5, 5.41) is 0. The molecule has 8 nitrogen and oxygen atoms in total. The summed E-state index contributed by atoms with van der Waals surface area (Å²) in [7, 11) is -0.650. The summed E-state index contributed by atoms with van der Waals surface area (Å²) in [6.07, 6.45) is 1.40. The van der Waals surface area contributed by atoms with Crippen molar-refractivity contribution < 1.29 is 31.9 Å². The van der Waals surface area contributed by atoms with Crippen LogP contribution in [0, 0.1) is 5.82 Å². The van der Waals surface area contributed by atoms with Crippen LogP contribution in [0.3, 0.4) is 0 Å². The Hall–Kier alpha value is -2.20. The molecule has 1 aromatic carbocycles. The van der Waals surface area contributed by atoms with Gasteiger partial charge in [0.25, 0.3) is 5.91 Å². The maximum atomic E-state index is 13.8. The van der Waals surface area contributed by atoms with Gasteiger partial charge in [-0.3, -0.25) is 9.59 Å². The molecule has 0 aliphatic carbocycles. The molecule has 1 aliphatic rings. The smallest absolute Gasteiger partial charge is 0.324 e. The zero-order valence-corrected chi connectivity index (χ0v) is 17.7. The van der Waals surface area contributed by atoms with Crippen molar-refractivity contribution in [3.63, 3.8) is 0 Å². The highest BCUT2D eigenvalue weighted by Gasteiger charge is 2.39. The van der Waals surface area contributed by atoms with Crippen molar-refractivity contribution in [3.05, 3.63) is 29.6 Å². The lowest BCUT2D eigenvalue weighted by atomic mass is 10.2. The van der Waals surface area contributed by atoms with E-state index in [0.717, 1.165) is 0 Å². The number of halogens is 1. The number of sulfonamides is 1. The monoisotopic (exact) mass is 430 g/mol. The highest BCUT2D eigenvalue weighted by molar-refractivity contribution is 7.89. The molecule has 0 bridgehead atoms. The molecular weight excluding hydrogens is 403 g/mol. The number of esters is 1. The lowest BCUT2D eigenvalue weighted by molar-refractivity contribution is -0.154. The van der Waals surface area contributed by atoms with E-state index in [4.69, 9.17) is 9.47 Å². The van der Waals surface area contributed by atoms with Gasteiger partial charge in [-0.05, 0) is 37.0 Å². The van der Waals surface area contributed by atoms with Crippen LogP contribution < -0.4 is 4.74 Å². The van der Waals surface area contributed by atoms with E-state index < -0.39 is 40.4 Å². The second kappa shape index (κ2) is 10.0. The van der Waals surface area contributed by atoms with Gasteiger partial charge in [0.2, 0.25) is 10.0 Å². The zero-order valence-electron chi connectivity index (χ0n) is 16.9. The Balaban J connectivity index is 1.90. The first-order valence-corrected chi connectivity index (χ1v) is 11.0. The van der Waals surface area contributed by atoms with Gasteiger partial charge >= 0.3 is 5.97 Å². The minimum atomic E-state index is -3.52. The SMILES string of the molecule is CCCS(=O)(=O)N1CCCC1C(=O)OCC(=O)N(C)Cc1ccc(OC)c(F)c1. The van der Waals surface area contributed by atoms with Crippen LogP contribution in [-0.2, 0) is 30.9 Å². The van der Waals surface area contributed by atoms with Crippen molar-refractivity contribution in [2.24, 2.45) is 0 Å². The van der Waals surface area contributed by atoms with Gasteiger partial charge in [-0.1, -0.05) is 13.0 Å². The molecule has 1 aromatic rings. The van der Waals surface area contributed by atoms with Gasteiger partial charge in [0, 0.05) is 20.1 Å². The first kappa shape index (κ1) is 23.1. The maximum absolute atomic E-state index is 13.8. The van der Waals surface area contributed by atoms with Crippen molar-refractivity contribution in [1.82, 2.24) is 9.21 Å². The number of rotatable bonds is 9. The molecule has 1 heterocycles. The van der Waals surface area contributed by atoms with E-state index in [9.17, 15) is 22.4 Å². The molecule has 1 fully saturated rings. The number of likely N-dealkylation sites (N-methyl/N-ethyl adjacent to an activating group) is 1. The number of hydrogen-bond acceptors (Lipinski definition) is 6. The van der Waals surface area contributed by atoms with Gasteiger partial charge in [0.1, 0.15) is 6.04 Å². The van der Waals surface area contributed by atoms with E-state index in [0.29, 0.717) is 24.8 Å². The molecule has 10 heteroatoms. The molecule has 162 valence electrons. The standard InChI is InChI=1S/C19H27FN2O6S/c1-4-10-29(25,26)22-9-5-6-16(22)19(24)28-13-18(23)21(2)12-14-7-8-17(27-3)15(20)11-14/h7-8,11,16H,4-6,9-10,12-13H2,1-3H3. The number of nitrogens with zero attached hydrogens (tertiary/aromatic N) is 2. The molecular formula is C19H27FN2O6S. The molecule has 0 radical (unpaired) electrons. The number of ether oxygens (including phenoxy) is 2. The normalized spacial score (nSPS) is 17.2. The zero-order chi connectivity index (χ0) is 21.6. The lowest BCUT2D eigenvalue weighted by Gasteiger charge is -2.23. The largest absolute Gasteiger partial charge is 0.494 e. The van der Waals surface area contributed by atoms with E-state index in [2.05, 4.69) is 0 Å². The van der Waals surface area contributed by atoms with Crippen molar-refractivity contribution in [2.45, 2.75) is 38.8 Å². The van der Waals surface area contributed by atoms with Gasteiger partial charge in [-0.25, -0.2) is 12.8 Å². The second-order valence-electron chi connectivity index (χ2n) is 6.91. The molecule has 0 saturated carbocycles. The molecule has 1 amide bonds. The fraction of sp³-hybridized carbons (Fsp3) is 0.579. The number of carbonyl (C=O) groups excluding carboxylic acids is 2. The van der Waals surface area contributed by atoms with Gasteiger partial charge in [-0.2, -0.15) is 4.31 Å². The highest BCUT2D eigenvalue weighted by atomic mass is 32.2. The van der Waals surface area contributed by atoms with Crippen molar-refractivity contribution >= 4 is 21.9 Å². The van der Waals surface area contributed by atoms with Crippen LogP contribution in [0.25, 0.3) is 0 Å². The summed E-state index contributed by atoms with van der Waals surface area (Å²) in [4.78, 5) is 25.9. The fourth-order valence-corrected chi connectivity index (χ4v) is 4.93. The van der Waals surface area contributed by atoms with E-state index in [1.807, 2.05) is 0 Å². The third-order valence-electron chi connectivity index (χ3n) is 4.69. The van der Waals surface area contributed by atoms with E-state index in [1.54, 1.807) is 13.0 Å². The first-order valence-electron chi connectivity index (χ1n) is 9.42. The quantitative estimate of drug-likeness (QED) is 0.552. The Morgan fingerprint density at radius 3 is 2.69 bits per heavy atom. The van der Waals surface area contributed by atoms with Crippen LogP contribution in [0.4, 0.5) is 4.39 Å². The fourth-order valence-electron chi connectivity index (χ4n) is 3.19. The van der Waals surface area contributed by atoms with Crippen molar-refractivity contribution in [2.75, 3.05) is 33.1 Å². The number of benzene rings is 1. The van der Waals surface area contributed by atoms with Gasteiger partial charge in [-0.15, -0.1) is 0 Å². The van der Waals surface area contributed by atoms with Crippen molar-refractivity contribution in [1.29, 1.82) is 0 Å². The van der Waals surface area contributed by atoms with Crippen molar-refractivity contribution in [3.8, 4) is 5.75 Å². The average molecular weight is 430 g/mol. The Morgan fingerprint density at radius 1 is 1.34 bits per heavy atom. The lowest BCUT2D eigenvalue weighted by Crippen LogP contribution is -2.43. The van der Waals surface area contributed by atoms with Gasteiger partial charge in [0.05, 0.1) is 12.9 Å². The maximum Gasteiger partial charge on any atom is 0.324 e. The number of carbonyl (C=O) groups is 2. The van der Waals surface area contributed by atoms with E-state index in [1.165, 1.54) is 35.5 Å². The number of hydrogen-bond donors (Lipinski definition) is 0. The molecule has 0 N–H and O–H groups in total. The van der Waals surface area contributed by atoms with Crippen LogP contribution in [0.5, 0.6) is 5.75 Å². The van der Waals surface area contributed by atoms with Gasteiger partial charge < -0.3 is 14.4 Å². The summed E-state index contributed by atoms with van der Waals surface area (Å²) in [6.45, 7) is 1.65. The molecule has 29 heavy (non-hydrogen) atoms. The van der Waals surface area contributed by atoms with Crippen LogP contribution in [0.2, 0.25) is 0 Å². The molecule has 0 spiro atoms. The van der Waals surface area contributed by atoms with E-state index >= 15 is 0 Å². The predicted molar refractivity (Wildman–Crippen MR) is 104 cm³/mol. The highest BCUT2D eigenvalue weighted by Crippen LogP contribution is 2.23.